The molecule has 3 N–H and O–H groups in total. The highest BCUT2D eigenvalue weighted by atomic mass is 19.1. The number of rotatable bonds is 4. The van der Waals surface area contributed by atoms with Gasteiger partial charge in [-0.15, -0.1) is 0 Å². The molecule has 3 aromatic rings. The Balaban J connectivity index is 1.62. The summed E-state index contributed by atoms with van der Waals surface area (Å²) in [5, 5.41) is 7.92. The van der Waals surface area contributed by atoms with E-state index in [9.17, 15) is 14.0 Å². The Morgan fingerprint density at radius 1 is 1.29 bits per heavy atom. The first-order chi connectivity index (χ1) is 15.0. The van der Waals surface area contributed by atoms with Crippen LogP contribution in [0.15, 0.2) is 63.5 Å². The van der Waals surface area contributed by atoms with Crippen LogP contribution < -0.4 is 11.3 Å². The molecule has 0 atom stereocenters. The standard InChI is InChI=1S/C23H22FN5O2/c1-26-12-15-8-9-29(13-20(15)25)23(31)18-10-14(6-7-19(18)24)11-21-16-4-2-3-5-17(16)22(30)28-27-21/h2-7,10,12H,8-9,11,13,25H2,1H3,(H,28,30). The number of hydrogen-bond acceptors (Lipinski definition) is 5. The predicted octanol–water partition coefficient (Wildman–Crippen LogP) is 2.41. The minimum atomic E-state index is -0.587. The molecule has 0 radical (unpaired) electrons. The molecule has 0 spiro atoms. The minimum absolute atomic E-state index is 0.00774. The van der Waals surface area contributed by atoms with Crippen molar-refractivity contribution in [2.45, 2.75) is 12.8 Å². The summed E-state index contributed by atoms with van der Waals surface area (Å²) in [4.78, 5) is 30.5. The average molecular weight is 419 g/mol. The van der Waals surface area contributed by atoms with Crippen LogP contribution in [0.5, 0.6) is 0 Å². The number of aromatic nitrogens is 2. The summed E-state index contributed by atoms with van der Waals surface area (Å²) in [6, 6.07) is 11.6. The van der Waals surface area contributed by atoms with Crippen molar-refractivity contribution in [1.29, 1.82) is 0 Å². The molecule has 0 saturated carbocycles. The molecule has 1 aromatic heterocycles. The molecule has 2 aromatic carbocycles. The van der Waals surface area contributed by atoms with Crippen molar-refractivity contribution in [2.24, 2.45) is 10.7 Å². The number of aliphatic imine (C=N–C) groups is 1. The Kier molecular flexibility index (Phi) is 5.62. The number of benzene rings is 2. The van der Waals surface area contributed by atoms with Crippen LogP contribution in [0.2, 0.25) is 0 Å². The van der Waals surface area contributed by atoms with E-state index in [0.29, 0.717) is 41.7 Å². The number of carbonyl (C=O) groups is 1. The van der Waals surface area contributed by atoms with Crippen LogP contribution in [0.3, 0.4) is 0 Å². The molecule has 0 unspecified atom stereocenters. The van der Waals surface area contributed by atoms with E-state index in [4.69, 9.17) is 5.73 Å². The van der Waals surface area contributed by atoms with Gasteiger partial charge >= 0.3 is 0 Å². The van der Waals surface area contributed by atoms with E-state index >= 15 is 0 Å². The van der Waals surface area contributed by atoms with Crippen LogP contribution in [-0.4, -0.2) is 47.4 Å². The highest BCUT2D eigenvalue weighted by Crippen LogP contribution is 2.21. The summed E-state index contributed by atoms with van der Waals surface area (Å²) < 4.78 is 14.5. The van der Waals surface area contributed by atoms with Gasteiger partial charge in [0, 0.05) is 37.3 Å². The third kappa shape index (κ3) is 4.09. The highest BCUT2D eigenvalue weighted by Gasteiger charge is 2.24. The van der Waals surface area contributed by atoms with Gasteiger partial charge in [0.15, 0.2) is 0 Å². The molecule has 0 saturated heterocycles. The first kappa shape index (κ1) is 20.5. The number of carbonyl (C=O) groups excluding carboxylic acids is 1. The third-order valence-electron chi connectivity index (χ3n) is 5.40. The van der Waals surface area contributed by atoms with E-state index in [1.165, 1.54) is 11.0 Å². The number of hydrogen-bond donors (Lipinski definition) is 2. The summed E-state index contributed by atoms with van der Waals surface area (Å²) in [6.45, 7) is 0.673. The Bertz CT molecular complexity index is 1280. The number of amides is 1. The largest absolute Gasteiger partial charge is 0.400 e. The fourth-order valence-corrected chi connectivity index (χ4v) is 3.80. The fourth-order valence-electron chi connectivity index (χ4n) is 3.80. The van der Waals surface area contributed by atoms with Crippen LogP contribution in [0.25, 0.3) is 10.8 Å². The lowest BCUT2D eigenvalue weighted by Gasteiger charge is -2.28. The third-order valence-corrected chi connectivity index (χ3v) is 5.40. The number of H-pyrrole nitrogens is 1. The molecule has 8 heteroatoms. The Labute approximate surface area is 178 Å². The van der Waals surface area contributed by atoms with Crippen molar-refractivity contribution in [3.63, 3.8) is 0 Å². The van der Waals surface area contributed by atoms with E-state index in [1.54, 1.807) is 37.5 Å². The number of aromatic amines is 1. The number of nitrogens with two attached hydrogens (primary N) is 1. The molecular formula is C23H22FN5O2. The molecule has 1 aliphatic heterocycles. The van der Waals surface area contributed by atoms with Crippen molar-refractivity contribution >= 4 is 22.9 Å². The lowest BCUT2D eigenvalue weighted by Crippen LogP contribution is -2.39. The maximum absolute atomic E-state index is 14.5. The molecular weight excluding hydrogens is 397 g/mol. The van der Waals surface area contributed by atoms with E-state index in [-0.39, 0.29) is 17.7 Å². The quantitative estimate of drug-likeness (QED) is 0.634. The predicted molar refractivity (Wildman–Crippen MR) is 118 cm³/mol. The molecule has 1 aliphatic rings. The molecule has 0 aliphatic carbocycles. The van der Waals surface area contributed by atoms with Crippen LogP contribution in [0.1, 0.15) is 28.0 Å². The van der Waals surface area contributed by atoms with Crippen LogP contribution in [0, 0.1) is 5.82 Å². The topological polar surface area (TPSA) is 104 Å². The molecule has 31 heavy (non-hydrogen) atoms. The van der Waals surface area contributed by atoms with Gasteiger partial charge in [-0.1, -0.05) is 24.3 Å². The summed E-state index contributed by atoms with van der Waals surface area (Å²) in [5.74, 6) is -0.995. The second kappa shape index (κ2) is 8.51. The summed E-state index contributed by atoms with van der Waals surface area (Å²) in [6.07, 6.45) is 2.61. The van der Waals surface area contributed by atoms with Crippen molar-refractivity contribution in [2.75, 3.05) is 20.1 Å². The van der Waals surface area contributed by atoms with Gasteiger partial charge in [0.2, 0.25) is 0 Å². The molecule has 158 valence electrons. The number of nitrogens with zero attached hydrogens (tertiary/aromatic N) is 3. The normalized spacial score (nSPS) is 14.6. The van der Waals surface area contributed by atoms with Gasteiger partial charge in [-0.05, 0) is 35.8 Å². The highest BCUT2D eigenvalue weighted by molar-refractivity contribution is 5.95. The van der Waals surface area contributed by atoms with Crippen LogP contribution in [0.4, 0.5) is 4.39 Å². The summed E-state index contributed by atoms with van der Waals surface area (Å²) in [5.41, 5.74) is 8.62. The first-order valence-electron chi connectivity index (χ1n) is 9.91. The second-order valence-electron chi connectivity index (χ2n) is 7.45. The SMILES string of the molecule is CN=CC1=C(N)CN(C(=O)c2cc(Cc3n[nH]c(=O)c4ccccc34)ccc2F)CC1. The maximum atomic E-state index is 14.5. The van der Waals surface area contributed by atoms with Gasteiger partial charge in [0.1, 0.15) is 5.82 Å². The Hall–Kier alpha value is -3.81. The lowest BCUT2D eigenvalue weighted by atomic mass is 10.0. The van der Waals surface area contributed by atoms with Crippen molar-refractivity contribution in [1.82, 2.24) is 15.1 Å². The zero-order chi connectivity index (χ0) is 22.0. The van der Waals surface area contributed by atoms with Gasteiger partial charge in [-0.2, -0.15) is 5.10 Å². The summed E-state index contributed by atoms with van der Waals surface area (Å²) in [7, 11) is 1.67. The molecule has 0 bridgehead atoms. The zero-order valence-electron chi connectivity index (χ0n) is 17.1. The van der Waals surface area contributed by atoms with Gasteiger partial charge in [-0.3, -0.25) is 14.6 Å². The lowest BCUT2D eigenvalue weighted by molar-refractivity contribution is 0.0759. The van der Waals surface area contributed by atoms with E-state index in [2.05, 4.69) is 15.2 Å². The van der Waals surface area contributed by atoms with E-state index in [1.807, 2.05) is 12.1 Å². The summed E-state index contributed by atoms with van der Waals surface area (Å²) >= 11 is 0. The number of fused-ring (bicyclic) bond motifs is 1. The van der Waals surface area contributed by atoms with Crippen LogP contribution >= 0.6 is 0 Å². The van der Waals surface area contributed by atoms with Crippen molar-refractivity contribution in [3.8, 4) is 0 Å². The minimum Gasteiger partial charge on any atom is -0.400 e. The number of halogens is 1. The molecule has 1 amide bonds. The Morgan fingerprint density at radius 3 is 2.81 bits per heavy atom. The van der Waals surface area contributed by atoms with Crippen LogP contribution in [-0.2, 0) is 6.42 Å². The Morgan fingerprint density at radius 2 is 2.06 bits per heavy atom. The fraction of sp³-hybridized carbons (Fsp3) is 0.217. The first-order valence-corrected chi connectivity index (χ1v) is 9.91. The van der Waals surface area contributed by atoms with Gasteiger partial charge in [0.05, 0.1) is 23.2 Å². The van der Waals surface area contributed by atoms with E-state index in [0.717, 1.165) is 11.0 Å². The average Bonchev–Trinajstić information content (AvgIpc) is 2.78. The second-order valence-corrected chi connectivity index (χ2v) is 7.45. The van der Waals surface area contributed by atoms with Gasteiger partial charge < -0.3 is 10.6 Å². The van der Waals surface area contributed by atoms with Gasteiger partial charge in [0.25, 0.3) is 11.5 Å². The molecule has 4 rings (SSSR count). The van der Waals surface area contributed by atoms with Crippen molar-refractivity contribution in [3.05, 3.63) is 86.7 Å². The maximum Gasteiger partial charge on any atom is 0.272 e. The van der Waals surface area contributed by atoms with Gasteiger partial charge in [-0.25, -0.2) is 9.49 Å². The molecule has 0 fully saturated rings. The van der Waals surface area contributed by atoms with E-state index < -0.39 is 11.7 Å². The number of nitrogens with one attached hydrogen (secondary N) is 1. The van der Waals surface area contributed by atoms with Crippen molar-refractivity contribution < 1.29 is 9.18 Å². The smallest absolute Gasteiger partial charge is 0.272 e. The molecule has 7 nitrogen and oxygen atoms in total. The monoisotopic (exact) mass is 419 g/mol. The zero-order valence-corrected chi connectivity index (χ0v) is 17.1. The molecule has 2 heterocycles.